The summed E-state index contributed by atoms with van der Waals surface area (Å²) in [6.45, 7) is 4.32. The minimum Gasteiger partial charge on any atom is -0.300 e. The highest BCUT2D eigenvalue weighted by atomic mass is 16.1. The Bertz CT molecular complexity index is 192. The van der Waals surface area contributed by atoms with E-state index >= 15 is 0 Å². The Kier molecular flexibility index (Phi) is 2.68. The van der Waals surface area contributed by atoms with Gasteiger partial charge in [0.2, 0.25) is 0 Å². The van der Waals surface area contributed by atoms with Crippen LogP contribution in [0.15, 0.2) is 0 Å². The Morgan fingerprint density at radius 1 is 1.38 bits per heavy atom. The number of hydrogen-bond donors (Lipinski definition) is 0. The lowest BCUT2D eigenvalue weighted by Crippen LogP contribution is -2.36. The lowest BCUT2D eigenvalue weighted by atomic mass is 10.1. The quantitative estimate of drug-likeness (QED) is 0.662. The molecule has 1 aliphatic carbocycles. The number of rotatable bonds is 3. The van der Waals surface area contributed by atoms with E-state index in [1.165, 1.54) is 19.3 Å². The number of nitrogens with zero attached hydrogens (tertiary/aromatic N) is 1. The van der Waals surface area contributed by atoms with Crippen LogP contribution in [0, 0.1) is 5.92 Å². The second-order valence-electron chi connectivity index (χ2n) is 4.43. The van der Waals surface area contributed by atoms with Gasteiger partial charge in [-0.2, -0.15) is 0 Å². The van der Waals surface area contributed by atoms with E-state index in [-0.39, 0.29) is 0 Å². The number of ketones is 1. The number of Topliss-reactive ketones (excluding diaryl/α,β-unsaturated/α-hetero) is 1. The molecule has 2 atom stereocenters. The minimum atomic E-state index is 0.462. The summed E-state index contributed by atoms with van der Waals surface area (Å²) in [5.41, 5.74) is 0. The van der Waals surface area contributed by atoms with Crippen molar-refractivity contribution in [2.24, 2.45) is 5.92 Å². The van der Waals surface area contributed by atoms with Crippen molar-refractivity contribution in [2.45, 2.75) is 45.1 Å². The van der Waals surface area contributed by atoms with Gasteiger partial charge < -0.3 is 0 Å². The molecule has 1 saturated carbocycles. The molecule has 2 heteroatoms. The molecule has 2 aliphatic rings. The van der Waals surface area contributed by atoms with Gasteiger partial charge in [0.25, 0.3) is 0 Å². The first kappa shape index (κ1) is 9.20. The number of piperidine rings is 1. The highest BCUT2D eigenvalue weighted by molar-refractivity contribution is 5.79. The lowest BCUT2D eigenvalue weighted by Gasteiger charge is -2.26. The molecule has 1 aliphatic heterocycles. The van der Waals surface area contributed by atoms with E-state index < -0.39 is 0 Å². The Labute approximate surface area is 80.3 Å². The molecule has 2 rings (SSSR count). The van der Waals surface area contributed by atoms with Crippen LogP contribution in [-0.4, -0.2) is 29.8 Å². The maximum absolute atomic E-state index is 11.0. The minimum absolute atomic E-state index is 0.462. The molecule has 2 unspecified atom stereocenters. The van der Waals surface area contributed by atoms with Gasteiger partial charge in [-0.3, -0.25) is 9.69 Å². The third kappa shape index (κ3) is 2.11. The third-order valence-corrected chi connectivity index (χ3v) is 3.37. The van der Waals surface area contributed by atoms with Gasteiger partial charge in [-0.1, -0.05) is 13.3 Å². The van der Waals surface area contributed by atoms with E-state index in [1.807, 2.05) is 0 Å². The van der Waals surface area contributed by atoms with Crippen molar-refractivity contribution in [3.05, 3.63) is 0 Å². The molecule has 2 nitrogen and oxygen atoms in total. The largest absolute Gasteiger partial charge is 0.300 e. The van der Waals surface area contributed by atoms with E-state index in [0.717, 1.165) is 37.9 Å². The van der Waals surface area contributed by atoms with Gasteiger partial charge in [-0.05, 0) is 18.8 Å². The van der Waals surface area contributed by atoms with E-state index in [2.05, 4.69) is 11.8 Å². The number of likely N-dealkylation sites (tertiary alicyclic amines) is 1. The molecule has 0 aromatic carbocycles. The summed E-state index contributed by atoms with van der Waals surface area (Å²) in [4.78, 5) is 13.6. The van der Waals surface area contributed by atoms with Crippen molar-refractivity contribution < 1.29 is 4.79 Å². The molecular weight excluding hydrogens is 162 g/mol. The summed E-state index contributed by atoms with van der Waals surface area (Å²) in [5, 5.41) is 0. The van der Waals surface area contributed by atoms with Crippen molar-refractivity contribution in [1.82, 2.24) is 4.90 Å². The van der Waals surface area contributed by atoms with Crippen molar-refractivity contribution in [3.8, 4) is 0 Å². The average molecular weight is 181 g/mol. The van der Waals surface area contributed by atoms with Gasteiger partial charge >= 0.3 is 0 Å². The fraction of sp³-hybridized carbons (Fsp3) is 0.909. The molecular formula is C11H19NO. The Morgan fingerprint density at radius 2 is 2.08 bits per heavy atom. The Balaban J connectivity index is 1.74. The van der Waals surface area contributed by atoms with Crippen LogP contribution in [0.1, 0.15) is 39.0 Å². The van der Waals surface area contributed by atoms with Crippen LogP contribution < -0.4 is 0 Å². The second-order valence-corrected chi connectivity index (χ2v) is 4.43. The zero-order chi connectivity index (χ0) is 9.26. The van der Waals surface area contributed by atoms with Gasteiger partial charge in [0.05, 0.1) is 0 Å². The summed E-state index contributed by atoms with van der Waals surface area (Å²) >= 11 is 0. The van der Waals surface area contributed by atoms with Crippen LogP contribution in [0.3, 0.4) is 0 Å². The molecule has 0 N–H and O–H groups in total. The van der Waals surface area contributed by atoms with E-state index in [0.29, 0.717) is 5.78 Å². The predicted molar refractivity (Wildman–Crippen MR) is 52.6 cm³/mol. The molecule has 2 fully saturated rings. The third-order valence-electron chi connectivity index (χ3n) is 3.37. The van der Waals surface area contributed by atoms with Crippen LogP contribution in [-0.2, 0) is 4.79 Å². The van der Waals surface area contributed by atoms with E-state index in [1.54, 1.807) is 0 Å². The van der Waals surface area contributed by atoms with Gasteiger partial charge in [0.15, 0.2) is 0 Å². The van der Waals surface area contributed by atoms with Crippen molar-refractivity contribution >= 4 is 5.78 Å². The highest BCUT2D eigenvalue weighted by Crippen LogP contribution is 2.39. The highest BCUT2D eigenvalue weighted by Gasteiger charge is 2.41. The van der Waals surface area contributed by atoms with Crippen molar-refractivity contribution in [2.75, 3.05) is 13.1 Å². The fourth-order valence-corrected chi connectivity index (χ4v) is 2.46. The second kappa shape index (κ2) is 3.79. The van der Waals surface area contributed by atoms with Gasteiger partial charge in [0, 0.05) is 32.0 Å². The monoisotopic (exact) mass is 181 g/mol. The van der Waals surface area contributed by atoms with Crippen LogP contribution in [0.25, 0.3) is 0 Å². The molecule has 1 heterocycles. The Hall–Kier alpha value is -0.370. The first-order valence-corrected chi connectivity index (χ1v) is 5.57. The SMILES string of the molecule is CCCC1CC1N1CCC(=O)CC1. The zero-order valence-corrected chi connectivity index (χ0v) is 8.46. The summed E-state index contributed by atoms with van der Waals surface area (Å²) in [6.07, 6.45) is 5.69. The molecule has 0 bridgehead atoms. The maximum Gasteiger partial charge on any atom is 0.135 e. The summed E-state index contributed by atoms with van der Waals surface area (Å²) in [5.74, 6) is 1.42. The fourth-order valence-electron chi connectivity index (χ4n) is 2.46. The van der Waals surface area contributed by atoms with Crippen molar-refractivity contribution in [3.63, 3.8) is 0 Å². The molecule has 0 aromatic heterocycles. The molecule has 0 spiro atoms. The average Bonchev–Trinajstić information content (AvgIpc) is 2.86. The maximum atomic E-state index is 11.0. The van der Waals surface area contributed by atoms with Crippen molar-refractivity contribution in [1.29, 1.82) is 0 Å². The smallest absolute Gasteiger partial charge is 0.135 e. The molecule has 0 amide bonds. The van der Waals surface area contributed by atoms with E-state index in [9.17, 15) is 4.79 Å². The lowest BCUT2D eigenvalue weighted by molar-refractivity contribution is -0.121. The van der Waals surface area contributed by atoms with Gasteiger partial charge in [-0.15, -0.1) is 0 Å². The summed E-state index contributed by atoms with van der Waals surface area (Å²) in [6, 6.07) is 0.841. The topological polar surface area (TPSA) is 20.3 Å². The number of hydrogen-bond acceptors (Lipinski definition) is 2. The number of carbonyl (C=O) groups excluding carboxylic acids is 1. The molecule has 0 aromatic rings. The molecule has 0 radical (unpaired) electrons. The van der Waals surface area contributed by atoms with Crippen LogP contribution in [0.4, 0.5) is 0 Å². The molecule has 74 valence electrons. The summed E-state index contributed by atoms with van der Waals surface area (Å²) in [7, 11) is 0. The standard InChI is InChI=1S/C11H19NO/c1-2-3-9-8-11(9)12-6-4-10(13)5-7-12/h9,11H,2-8H2,1H3. The normalized spacial score (nSPS) is 35.0. The van der Waals surface area contributed by atoms with Gasteiger partial charge in [0.1, 0.15) is 5.78 Å². The summed E-state index contributed by atoms with van der Waals surface area (Å²) < 4.78 is 0. The van der Waals surface area contributed by atoms with Crippen LogP contribution in [0.5, 0.6) is 0 Å². The van der Waals surface area contributed by atoms with Crippen LogP contribution in [0.2, 0.25) is 0 Å². The Morgan fingerprint density at radius 3 is 2.69 bits per heavy atom. The predicted octanol–water partition coefficient (Wildman–Crippen LogP) is 1.84. The number of carbonyl (C=O) groups is 1. The first-order valence-electron chi connectivity index (χ1n) is 5.57. The molecule has 1 saturated heterocycles. The van der Waals surface area contributed by atoms with E-state index in [4.69, 9.17) is 0 Å². The molecule has 13 heavy (non-hydrogen) atoms. The first-order chi connectivity index (χ1) is 6.31. The zero-order valence-electron chi connectivity index (χ0n) is 8.46. The van der Waals surface area contributed by atoms with Gasteiger partial charge in [-0.25, -0.2) is 0 Å². The van der Waals surface area contributed by atoms with Crippen LogP contribution >= 0.6 is 0 Å².